The van der Waals surface area contributed by atoms with E-state index in [-0.39, 0.29) is 6.61 Å². The second-order valence-corrected chi connectivity index (χ2v) is 22.0. The summed E-state index contributed by atoms with van der Waals surface area (Å²) in [6.07, 6.45) is 55.5. The van der Waals surface area contributed by atoms with Gasteiger partial charge in [-0.15, -0.1) is 0 Å². The second-order valence-electron chi connectivity index (χ2n) is 22.0. The van der Waals surface area contributed by atoms with Gasteiger partial charge < -0.3 is 45.4 Å². The van der Waals surface area contributed by atoms with E-state index < -0.39 is 61.5 Å². The highest BCUT2D eigenvalue weighted by Crippen LogP contribution is 2.23. The van der Waals surface area contributed by atoms with Crippen LogP contribution in [0.5, 0.6) is 0 Å². The number of nitrogens with one attached hydrogen (secondary N) is 1. The molecule has 0 saturated carbocycles. The minimum Gasteiger partial charge on any atom is -0.394 e. The van der Waals surface area contributed by atoms with Crippen LogP contribution in [-0.2, 0) is 14.3 Å². The van der Waals surface area contributed by atoms with E-state index in [9.17, 15) is 35.4 Å². The van der Waals surface area contributed by atoms with Crippen LogP contribution in [0.1, 0.15) is 303 Å². The molecule has 7 N–H and O–H groups in total. The monoisotopic (exact) mass is 1020 g/mol. The van der Waals surface area contributed by atoms with Gasteiger partial charge in [-0.25, -0.2) is 0 Å². The minimum atomic E-state index is -1.60. The molecule has 0 radical (unpaired) electrons. The van der Waals surface area contributed by atoms with Crippen molar-refractivity contribution in [3.8, 4) is 0 Å². The number of allylic oxidation sites excluding steroid dienone is 4. The molecule has 10 heteroatoms. The van der Waals surface area contributed by atoms with Crippen molar-refractivity contribution < 1.29 is 44.9 Å². The maximum absolute atomic E-state index is 13.1. The molecule has 72 heavy (non-hydrogen) atoms. The Morgan fingerprint density at radius 1 is 0.472 bits per heavy atom. The van der Waals surface area contributed by atoms with Crippen molar-refractivity contribution in [1.82, 2.24) is 5.32 Å². The van der Waals surface area contributed by atoms with Crippen molar-refractivity contribution in [2.24, 2.45) is 0 Å². The van der Waals surface area contributed by atoms with E-state index in [0.29, 0.717) is 12.8 Å². The average molecular weight is 1020 g/mol. The molecule has 0 aromatic rings. The third kappa shape index (κ3) is 40.0. The number of hydrogen-bond donors (Lipinski definition) is 7. The molecule has 8 unspecified atom stereocenters. The highest BCUT2D eigenvalue weighted by atomic mass is 16.7. The summed E-state index contributed by atoms with van der Waals surface area (Å²) in [4.78, 5) is 13.1. The van der Waals surface area contributed by atoms with Gasteiger partial charge in [-0.1, -0.05) is 282 Å². The van der Waals surface area contributed by atoms with Crippen LogP contribution in [0.2, 0.25) is 0 Å². The number of hydrogen-bond acceptors (Lipinski definition) is 9. The van der Waals surface area contributed by atoms with Gasteiger partial charge in [0.05, 0.1) is 25.4 Å². The van der Waals surface area contributed by atoms with Crippen LogP contribution in [0.25, 0.3) is 0 Å². The van der Waals surface area contributed by atoms with Crippen molar-refractivity contribution in [2.45, 2.75) is 352 Å². The first-order valence-electron chi connectivity index (χ1n) is 31.1. The van der Waals surface area contributed by atoms with Gasteiger partial charge in [0.25, 0.3) is 0 Å². The Bertz CT molecular complexity index is 1200. The summed E-state index contributed by atoms with van der Waals surface area (Å²) in [5.74, 6) is -0.580. The maximum atomic E-state index is 13.1. The Balaban J connectivity index is 2.11. The summed E-state index contributed by atoms with van der Waals surface area (Å²) in [6.45, 7) is 3.70. The van der Waals surface area contributed by atoms with E-state index in [0.717, 1.165) is 57.8 Å². The zero-order valence-corrected chi connectivity index (χ0v) is 47.1. The topological polar surface area (TPSA) is 169 Å². The van der Waals surface area contributed by atoms with Gasteiger partial charge in [0.2, 0.25) is 5.91 Å². The lowest BCUT2D eigenvalue weighted by Crippen LogP contribution is -2.60. The fourth-order valence-electron chi connectivity index (χ4n) is 10.1. The lowest BCUT2D eigenvalue weighted by molar-refractivity contribution is -0.302. The second kappa shape index (κ2) is 51.7. The molecule has 1 aliphatic heterocycles. The summed E-state index contributed by atoms with van der Waals surface area (Å²) in [6, 6.07) is -0.892. The van der Waals surface area contributed by atoms with E-state index in [2.05, 4.69) is 43.5 Å². The van der Waals surface area contributed by atoms with Crippen LogP contribution in [0, 0.1) is 0 Å². The van der Waals surface area contributed by atoms with Crippen molar-refractivity contribution >= 4 is 5.91 Å². The highest BCUT2D eigenvalue weighted by Gasteiger charge is 2.44. The molecule has 0 aliphatic carbocycles. The molecule has 8 atom stereocenters. The molecule has 0 aromatic heterocycles. The molecule has 1 amide bonds. The minimum absolute atomic E-state index is 0.253. The van der Waals surface area contributed by atoms with E-state index >= 15 is 0 Å². The molecule has 1 aliphatic rings. The molecule has 0 bridgehead atoms. The van der Waals surface area contributed by atoms with Gasteiger partial charge in [0.1, 0.15) is 30.5 Å². The number of unbranched alkanes of at least 4 members (excludes halogenated alkanes) is 39. The molecule has 0 spiro atoms. The molecule has 1 saturated heterocycles. The van der Waals surface area contributed by atoms with E-state index in [1.54, 1.807) is 0 Å². The first kappa shape index (κ1) is 68.6. The molecular weight excluding hydrogens is 903 g/mol. The summed E-state index contributed by atoms with van der Waals surface area (Å²) in [5, 5.41) is 65.2. The number of carbonyl (C=O) groups excluding carboxylic acids is 1. The molecular formula is C62H119NO9. The SMILES string of the molecule is CCCCCCCCCCCCC/C=C\C/C=C\CCCCCCCCCCCCCCCCCCC(O)C(=O)NC(COC1OC(CO)C(O)C(O)C1O)C(O)CCCCCCCCCCCCCCC. The fraction of sp³-hybridized carbons (Fsp3) is 0.919. The summed E-state index contributed by atoms with van der Waals surface area (Å²) in [7, 11) is 0. The van der Waals surface area contributed by atoms with Crippen molar-refractivity contribution in [1.29, 1.82) is 0 Å². The summed E-state index contributed by atoms with van der Waals surface area (Å²) < 4.78 is 11.2. The van der Waals surface area contributed by atoms with E-state index in [1.807, 2.05) is 0 Å². The van der Waals surface area contributed by atoms with Crippen LogP contribution in [0.15, 0.2) is 24.3 Å². The molecule has 1 heterocycles. The zero-order valence-electron chi connectivity index (χ0n) is 47.1. The molecule has 426 valence electrons. The predicted octanol–water partition coefficient (Wildman–Crippen LogP) is 14.7. The molecule has 10 nitrogen and oxygen atoms in total. The third-order valence-corrected chi connectivity index (χ3v) is 15.2. The number of rotatable bonds is 54. The van der Waals surface area contributed by atoms with Gasteiger partial charge >= 0.3 is 0 Å². The predicted molar refractivity (Wildman–Crippen MR) is 301 cm³/mol. The van der Waals surface area contributed by atoms with Crippen LogP contribution in [0.3, 0.4) is 0 Å². The van der Waals surface area contributed by atoms with Gasteiger partial charge in [-0.2, -0.15) is 0 Å². The first-order valence-corrected chi connectivity index (χ1v) is 31.1. The first-order chi connectivity index (χ1) is 35.3. The lowest BCUT2D eigenvalue weighted by Gasteiger charge is -2.40. The highest BCUT2D eigenvalue weighted by molar-refractivity contribution is 5.80. The molecule has 0 aromatic carbocycles. The van der Waals surface area contributed by atoms with Gasteiger partial charge in [0, 0.05) is 0 Å². The van der Waals surface area contributed by atoms with E-state index in [4.69, 9.17) is 9.47 Å². The van der Waals surface area contributed by atoms with Crippen molar-refractivity contribution in [3.63, 3.8) is 0 Å². The molecule has 1 fully saturated rings. The van der Waals surface area contributed by atoms with Crippen molar-refractivity contribution in [2.75, 3.05) is 13.2 Å². The Morgan fingerprint density at radius 2 is 0.819 bits per heavy atom. The van der Waals surface area contributed by atoms with Crippen LogP contribution < -0.4 is 5.32 Å². The quantitative estimate of drug-likeness (QED) is 0.0232. The maximum Gasteiger partial charge on any atom is 0.249 e. The number of aliphatic hydroxyl groups excluding tert-OH is 6. The largest absolute Gasteiger partial charge is 0.394 e. The fourth-order valence-corrected chi connectivity index (χ4v) is 10.1. The average Bonchev–Trinajstić information content (AvgIpc) is 3.38. The summed E-state index contributed by atoms with van der Waals surface area (Å²) >= 11 is 0. The van der Waals surface area contributed by atoms with Crippen molar-refractivity contribution in [3.05, 3.63) is 24.3 Å². The number of amides is 1. The third-order valence-electron chi connectivity index (χ3n) is 15.2. The number of ether oxygens (including phenoxy) is 2. The molecule has 1 rings (SSSR count). The smallest absolute Gasteiger partial charge is 0.249 e. The van der Waals surface area contributed by atoms with Gasteiger partial charge in [0.15, 0.2) is 6.29 Å². The van der Waals surface area contributed by atoms with Gasteiger partial charge in [-0.3, -0.25) is 4.79 Å². The van der Waals surface area contributed by atoms with Crippen LogP contribution >= 0.6 is 0 Å². The standard InChI is InChI=1S/C62H119NO9/c1-3-5-7-9-11-13-15-17-18-19-20-21-22-23-24-25-26-27-28-29-30-31-32-33-34-35-36-37-39-41-43-45-47-49-51-56(66)61(70)63-54(53-71-62-60(69)59(68)58(67)57(52-64)72-62)55(65)50-48-46-44-42-40-38-16-14-12-10-8-6-4-2/h22-23,25-26,54-60,62,64-69H,3-21,24,27-53H2,1-2H3,(H,63,70)/b23-22-,26-25-. The summed E-state index contributed by atoms with van der Waals surface area (Å²) in [5.41, 5.74) is 0. The number of carbonyl (C=O) groups is 1. The Kier molecular flexibility index (Phi) is 49.3. The number of aliphatic hydroxyl groups is 6. The Labute approximate surface area is 443 Å². The zero-order chi connectivity index (χ0) is 52.4. The van der Waals surface area contributed by atoms with Crippen LogP contribution in [0.4, 0.5) is 0 Å². The van der Waals surface area contributed by atoms with E-state index in [1.165, 1.54) is 218 Å². The van der Waals surface area contributed by atoms with Gasteiger partial charge in [-0.05, 0) is 44.9 Å². The Morgan fingerprint density at radius 3 is 1.19 bits per heavy atom. The van der Waals surface area contributed by atoms with Crippen LogP contribution in [-0.4, -0.2) is 98.7 Å². The normalized spacial score (nSPS) is 19.7. The Hall–Kier alpha value is -1.37. The lowest BCUT2D eigenvalue weighted by atomic mass is 9.99.